The number of hydrogen-bond acceptors (Lipinski definition) is 2. The highest BCUT2D eigenvalue weighted by molar-refractivity contribution is 5.81. The van der Waals surface area contributed by atoms with E-state index in [0.29, 0.717) is 12.0 Å². The summed E-state index contributed by atoms with van der Waals surface area (Å²) in [7, 11) is 0. The zero-order valence-electron chi connectivity index (χ0n) is 10.3. The highest BCUT2D eigenvalue weighted by Crippen LogP contribution is 2.69. The van der Waals surface area contributed by atoms with Crippen LogP contribution in [0.25, 0.3) is 0 Å². The van der Waals surface area contributed by atoms with Gasteiger partial charge in [0, 0.05) is 0 Å². The lowest BCUT2D eigenvalue weighted by molar-refractivity contribution is -0.160. The molecule has 2 heteroatoms. The summed E-state index contributed by atoms with van der Waals surface area (Å²) in [6.07, 6.45) is 10.1. The van der Waals surface area contributed by atoms with Crippen molar-refractivity contribution in [1.29, 1.82) is 0 Å². The van der Waals surface area contributed by atoms with E-state index in [9.17, 15) is 4.79 Å². The van der Waals surface area contributed by atoms with Crippen molar-refractivity contribution < 1.29 is 9.53 Å². The lowest BCUT2D eigenvalue weighted by Crippen LogP contribution is -2.45. The van der Waals surface area contributed by atoms with Gasteiger partial charge in [0.1, 0.15) is 0 Å². The first-order valence-corrected chi connectivity index (χ1v) is 6.90. The van der Waals surface area contributed by atoms with Gasteiger partial charge >= 0.3 is 5.97 Å². The van der Waals surface area contributed by atoms with Crippen molar-refractivity contribution in [2.75, 3.05) is 6.61 Å². The zero-order valence-corrected chi connectivity index (χ0v) is 10.3. The van der Waals surface area contributed by atoms with Crippen LogP contribution in [0.2, 0.25) is 0 Å². The molecule has 0 aromatic carbocycles. The minimum absolute atomic E-state index is 0.0472. The fraction of sp³-hybridized carbons (Fsp3) is 0.929. The summed E-state index contributed by atoms with van der Waals surface area (Å²) in [5.41, 5.74) is 0.294. The third kappa shape index (κ3) is 1.28. The SMILES string of the molecule is CCOC(=O)C1(C23CCC(CC2)CC3)CC1. The van der Waals surface area contributed by atoms with E-state index in [2.05, 4.69) is 0 Å². The summed E-state index contributed by atoms with van der Waals surface area (Å²) >= 11 is 0. The molecular weight excluding hydrogens is 200 g/mol. The molecule has 0 aromatic rings. The molecule has 4 saturated carbocycles. The molecule has 4 aliphatic rings. The molecule has 90 valence electrons. The van der Waals surface area contributed by atoms with E-state index in [1.165, 1.54) is 38.5 Å². The van der Waals surface area contributed by atoms with Gasteiger partial charge in [-0.25, -0.2) is 0 Å². The van der Waals surface area contributed by atoms with E-state index in [-0.39, 0.29) is 11.4 Å². The van der Waals surface area contributed by atoms with Gasteiger partial charge < -0.3 is 4.74 Å². The Morgan fingerprint density at radius 1 is 1.12 bits per heavy atom. The Kier molecular flexibility index (Phi) is 2.31. The summed E-state index contributed by atoms with van der Waals surface area (Å²) in [5.74, 6) is 1.09. The predicted octanol–water partition coefficient (Wildman–Crippen LogP) is 3.30. The second-order valence-corrected chi connectivity index (χ2v) is 6.06. The summed E-state index contributed by atoms with van der Waals surface area (Å²) in [6, 6.07) is 0. The monoisotopic (exact) mass is 222 g/mol. The maximum atomic E-state index is 12.2. The minimum Gasteiger partial charge on any atom is -0.466 e. The van der Waals surface area contributed by atoms with Crippen LogP contribution in [0.3, 0.4) is 0 Å². The molecule has 0 amide bonds. The maximum absolute atomic E-state index is 12.2. The van der Waals surface area contributed by atoms with Crippen molar-refractivity contribution in [1.82, 2.24) is 0 Å². The van der Waals surface area contributed by atoms with Crippen LogP contribution in [0.15, 0.2) is 0 Å². The fourth-order valence-electron chi connectivity index (χ4n) is 4.31. The lowest BCUT2D eigenvalue weighted by Gasteiger charge is -2.50. The predicted molar refractivity (Wildman–Crippen MR) is 61.9 cm³/mol. The second-order valence-electron chi connectivity index (χ2n) is 6.06. The molecule has 4 fully saturated rings. The minimum atomic E-state index is -0.0472. The molecule has 0 atom stereocenters. The van der Waals surface area contributed by atoms with Crippen LogP contribution in [0.1, 0.15) is 58.3 Å². The lowest BCUT2D eigenvalue weighted by atomic mass is 9.54. The molecule has 0 saturated heterocycles. The molecule has 0 N–H and O–H groups in total. The quantitative estimate of drug-likeness (QED) is 0.685. The Labute approximate surface area is 97.7 Å². The molecule has 0 aliphatic heterocycles. The van der Waals surface area contributed by atoms with Crippen molar-refractivity contribution in [3.8, 4) is 0 Å². The number of ether oxygens (including phenoxy) is 1. The van der Waals surface area contributed by atoms with Crippen LogP contribution < -0.4 is 0 Å². The average Bonchev–Trinajstić information content (AvgIpc) is 3.13. The van der Waals surface area contributed by atoms with Gasteiger partial charge in [0.15, 0.2) is 0 Å². The molecule has 4 rings (SSSR count). The third-order valence-corrected chi connectivity index (χ3v) is 5.52. The van der Waals surface area contributed by atoms with Crippen molar-refractivity contribution >= 4 is 5.97 Å². The zero-order chi connectivity index (χ0) is 11.2. The van der Waals surface area contributed by atoms with Crippen LogP contribution in [0.5, 0.6) is 0 Å². The highest BCUT2D eigenvalue weighted by atomic mass is 16.5. The van der Waals surface area contributed by atoms with Crippen LogP contribution in [-0.4, -0.2) is 12.6 Å². The number of fused-ring (bicyclic) bond motifs is 3. The van der Waals surface area contributed by atoms with E-state index in [1.807, 2.05) is 6.92 Å². The van der Waals surface area contributed by atoms with Gasteiger partial charge in [-0.3, -0.25) is 4.79 Å². The van der Waals surface area contributed by atoms with Crippen LogP contribution >= 0.6 is 0 Å². The van der Waals surface area contributed by atoms with E-state index in [4.69, 9.17) is 4.74 Å². The first kappa shape index (κ1) is 10.6. The van der Waals surface area contributed by atoms with Gasteiger partial charge in [0.05, 0.1) is 12.0 Å². The number of esters is 1. The molecule has 0 aromatic heterocycles. The summed E-state index contributed by atoms with van der Waals surface area (Å²) < 4.78 is 5.33. The van der Waals surface area contributed by atoms with Crippen molar-refractivity contribution in [3.05, 3.63) is 0 Å². The molecule has 2 bridgehead atoms. The maximum Gasteiger partial charge on any atom is 0.312 e. The van der Waals surface area contributed by atoms with Crippen molar-refractivity contribution in [2.45, 2.75) is 58.3 Å². The molecule has 16 heavy (non-hydrogen) atoms. The molecule has 0 radical (unpaired) electrons. The van der Waals surface area contributed by atoms with Gasteiger partial charge in [-0.15, -0.1) is 0 Å². The average molecular weight is 222 g/mol. The van der Waals surface area contributed by atoms with E-state index >= 15 is 0 Å². The summed E-state index contributed by atoms with van der Waals surface area (Å²) in [4.78, 5) is 12.2. The van der Waals surface area contributed by atoms with Crippen LogP contribution in [0, 0.1) is 16.7 Å². The standard InChI is InChI=1S/C14H22O2/c1-2-16-12(15)14(9-10-14)13-6-3-11(4-7-13)5-8-13/h11H,2-10H2,1H3. The van der Waals surface area contributed by atoms with Gasteiger partial charge in [-0.2, -0.15) is 0 Å². The molecule has 4 aliphatic carbocycles. The van der Waals surface area contributed by atoms with E-state index < -0.39 is 0 Å². The van der Waals surface area contributed by atoms with Gasteiger partial charge in [0.2, 0.25) is 0 Å². The third-order valence-electron chi connectivity index (χ3n) is 5.52. The number of carbonyl (C=O) groups is 1. The van der Waals surface area contributed by atoms with E-state index in [0.717, 1.165) is 18.8 Å². The van der Waals surface area contributed by atoms with Gasteiger partial charge in [-0.1, -0.05) is 0 Å². The Morgan fingerprint density at radius 3 is 2.12 bits per heavy atom. The number of rotatable bonds is 3. The first-order chi connectivity index (χ1) is 7.72. The van der Waals surface area contributed by atoms with Gasteiger partial charge in [-0.05, 0) is 69.6 Å². The van der Waals surface area contributed by atoms with Crippen molar-refractivity contribution in [3.63, 3.8) is 0 Å². The molecule has 0 spiro atoms. The Morgan fingerprint density at radius 2 is 1.69 bits per heavy atom. The van der Waals surface area contributed by atoms with Crippen molar-refractivity contribution in [2.24, 2.45) is 16.7 Å². The summed E-state index contributed by atoms with van der Waals surface area (Å²) in [5, 5.41) is 0. The molecule has 2 nitrogen and oxygen atoms in total. The number of hydrogen-bond donors (Lipinski definition) is 0. The van der Waals surface area contributed by atoms with E-state index in [1.54, 1.807) is 0 Å². The normalized spacial score (nSPS) is 39.4. The van der Waals surface area contributed by atoms with Gasteiger partial charge in [0.25, 0.3) is 0 Å². The van der Waals surface area contributed by atoms with Crippen LogP contribution in [-0.2, 0) is 9.53 Å². The Balaban J connectivity index is 1.82. The molecular formula is C14H22O2. The Hall–Kier alpha value is -0.530. The Bertz CT molecular complexity index is 282. The fourth-order valence-corrected chi connectivity index (χ4v) is 4.31. The van der Waals surface area contributed by atoms with Crippen LogP contribution in [0.4, 0.5) is 0 Å². The highest BCUT2D eigenvalue weighted by Gasteiger charge is 2.66. The first-order valence-electron chi connectivity index (χ1n) is 6.90. The summed E-state index contributed by atoms with van der Waals surface area (Å²) in [6.45, 7) is 2.46. The second kappa shape index (κ2) is 3.48. The largest absolute Gasteiger partial charge is 0.466 e. The number of carbonyl (C=O) groups excluding carboxylic acids is 1. The smallest absolute Gasteiger partial charge is 0.312 e. The topological polar surface area (TPSA) is 26.3 Å². The molecule has 0 heterocycles. The molecule has 0 unspecified atom stereocenters.